The first-order valence-electron chi connectivity index (χ1n) is 7.93. The highest BCUT2D eigenvalue weighted by molar-refractivity contribution is 6.06. The van der Waals surface area contributed by atoms with Gasteiger partial charge in [0.2, 0.25) is 0 Å². The van der Waals surface area contributed by atoms with Gasteiger partial charge in [-0.1, -0.05) is 24.3 Å². The van der Waals surface area contributed by atoms with Crippen molar-refractivity contribution >= 4 is 16.8 Å². The summed E-state index contributed by atoms with van der Waals surface area (Å²) in [6, 6.07) is 12.9. The monoisotopic (exact) mass is 319 g/mol. The quantitative estimate of drug-likeness (QED) is 0.727. The van der Waals surface area contributed by atoms with Gasteiger partial charge in [-0.05, 0) is 17.7 Å². The highest BCUT2D eigenvalue weighted by Crippen LogP contribution is 2.29. The second kappa shape index (κ2) is 5.60. The molecule has 4 rings (SSSR count). The Hall–Kier alpha value is -2.95. The molecule has 0 aliphatic carbocycles. The lowest BCUT2D eigenvalue weighted by Crippen LogP contribution is -2.48. The Kier molecular flexibility index (Phi) is 3.41. The van der Waals surface area contributed by atoms with Crippen LogP contribution >= 0.6 is 0 Å². The van der Waals surface area contributed by atoms with Crippen LogP contribution in [-0.4, -0.2) is 33.4 Å². The van der Waals surface area contributed by atoms with Crippen LogP contribution in [0, 0.1) is 0 Å². The van der Waals surface area contributed by atoms with Gasteiger partial charge >= 0.3 is 0 Å². The van der Waals surface area contributed by atoms with Crippen molar-refractivity contribution in [3.05, 3.63) is 76.3 Å². The van der Waals surface area contributed by atoms with Crippen LogP contribution in [-0.2, 0) is 7.05 Å². The molecule has 2 aromatic heterocycles. The van der Waals surface area contributed by atoms with Gasteiger partial charge in [0.25, 0.3) is 11.5 Å². The minimum absolute atomic E-state index is 0.0796. The molecule has 1 aliphatic rings. The van der Waals surface area contributed by atoms with E-state index in [-0.39, 0.29) is 11.5 Å². The Bertz CT molecular complexity index is 973. The third-order valence-corrected chi connectivity index (χ3v) is 4.71. The molecule has 1 saturated heterocycles. The van der Waals surface area contributed by atoms with Crippen molar-refractivity contribution in [1.29, 1.82) is 0 Å². The molecule has 1 fully saturated rings. The molecule has 1 aliphatic heterocycles. The van der Waals surface area contributed by atoms with Crippen LogP contribution in [0.3, 0.4) is 0 Å². The van der Waals surface area contributed by atoms with Gasteiger partial charge in [0, 0.05) is 49.9 Å². The number of likely N-dealkylation sites (tertiary alicyclic amines) is 1. The number of hydrogen-bond donors (Lipinski definition) is 0. The number of pyridine rings is 2. The number of carbonyl (C=O) groups is 1. The summed E-state index contributed by atoms with van der Waals surface area (Å²) < 4.78 is 1.57. The van der Waals surface area contributed by atoms with E-state index in [1.165, 1.54) is 6.07 Å². The van der Waals surface area contributed by atoms with E-state index in [2.05, 4.69) is 4.98 Å². The number of hydrogen-bond acceptors (Lipinski definition) is 3. The molecule has 0 atom stereocenters. The molecule has 0 spiro atoms. The highest BCUT2D eigenvalue weighted by Gasteiger charge is 2.33. The van der Waals surface area contributed by atoms with Gasteiger partial charge < -0.3 is 9.47 Å². The summed E-state index contributed by atoms with van der Waals surface area (Å²) in [6.07, 6.45) is 3.59. The molecule has 0 bridgehead atoms. The van der Waals surface area contributed by atoms with E-state index in [0.717, 1.165) is 16.5 Å². The van der Waals surface area contributed by atoms with Crippen molar-refractivity contribution in [2.45, 2.75) is 5.92 Å². The summed E-state index contributed by atoms with van der Waals surface area (Å²) in [5.41, 5.74) is 2.24. The molecular formula is C19H17N3O2. The fourth-order valence-electron chi connectivity index (χ4n) is 3.23. The molecule has 3 heterocycles. The van der Waals surface area contributed by atoms with E-state index < -0.39 is 0 Å². The molecule has 120 valence electrons. The van der Waals surface area contributed by atoms with Crippen LogP contribution in [0.2, 0.25) is 0 Å². The van der Waals surface area contributed by atoms with Crippen molar-refractivity contribution in [2.24, 2.45) is 7.05 Å². The summed E-state index contributed by atoms with van der Waals surface area (Å²) in [5, 5.41) is 0.814. The van der Waals surface area contributed by atoms with Crippen LogP contribution in [0.1, 0.15) is 21.8 Å². The molecule has 1 amide bonds. The zero-order valence-corrected chi connectivity index (χ0v) is 13.3. The van der Waals surface area contributed by atoms with E-state index in [1.54, 1.807) is 22.7 Å². The van der Waals surface area contributed by atoms with Crippen LogP contribution in [0.25, 0.3) is 10.9 Å². The van der Waals surface area contributed by atoms with Gasteiger partial charge in [-0.2, -0.15) is 0 Å². The van der Waals surface area contributed by atoms with Crippen molar-refractivity contribution < 1.29 is 4.79 Å². The number of fused-ring (bicyclic) bond motifs is 1. The predicted octanol–water partition coefficient (Wildman–Crippen LogP) is 2.17. The number of carbonyl (C=O) groups excluding carboxylic acids is 1. The van der Waals surface area contributed by atoms with Gasteiger partial charge in [-0.3, -0.25) is 14.6 Å². The average Bonchev–Trinajstić information content (AvgIpc) is 2.58. The molecule has 0 N–H and O–H groups in total. The van der Waals surface area contributed by atoms with E-state index in [0.29, 0.717) is 24.6 Å². The Morgan fingerprint density at radius 2 is 1.96 bits per heavy atom. The number of nitrogens with zero attached hydrogens (tertiary/aromatic N) is 3. The highest BCUT2D eigenvalue weighted by atomic mass is 16.2. The first-order valence-corrected chi connectivity index (χ1v) is 7.93. The largest absolute Gasteiger partial charge is 0.337 e. The molecule has 0 unspecified atom stereocenters. The van der Waals surface area contributed by atoms with Crippen LogP contribution in [0.4, 0.5) is 0 Å². The van der Waals surface area contributed by atoms with Crippen molar-refractivity contribution in [3.63, 3.8) is 0 Å². The van der Waals surface area contributed by atoms with Gasteiger partial charge in [0.05, 0.1) is 11.1 Å². The maximum Gasteiger partial charge on any atom is 0.254 e. The molecule has 5 nitrogen and oxygen atoms in total. The number of aryl methyl sites for hydroxylation is 1. The van der Waals surface area contributed by atoms with Crippen LogP contribution in [0.15, 0.2) is 59.7 Å². The Morgan fingerprint density at radius 3 is 2.71 bits per heavy atom. The lowest BCUT2D eigenvalue weighted by molar-refractivity contribution is 0.0604. The number of para-hydroxylation sites is 1. The first-order chi connectivity index (χ1) is 11.6. The van der Waals surface area contributed by atoms with Gasteiger partial charge in [-0.25, -0.2) is 0 Å². The van der Waals surface area contributed by atoms with Crippen LogP contribution < -0.4 is 5.56 Å². The predicted molar refractivity (Wildman–Crippen MR) is 92.1 cm³/mol. The lowest BCUT2D eigenvalue weighted by atomic mass is 9.91. The molecule has 24 heavy (non-hydrogen) atoms. The molecule has 0 saturated carbocycles. The second-order valence-electron chi connectivity index (χ2n) is 6.17. The smallest absolute Gasteiger partial charge is 0.254 e. The minimum atomic E-state index is -0.165. The molecule has 3 aromatic rings. The Balaban J connectivity index is 1.64. The standard InChI is InChI=1S/C19H17N3O2/c1-21-17-7-3-2-6-15(17)16(9-18(21)23)19(24)22-11-14(12-22)13-5-4-8-20-10-13/h2-10,14H,11-12H2,1H3. The Morgan fingerprint density at radius 1 is 1.17 bits per heavy atom. The van der Waals surface area contributed by atoms with Crippen molar-refractivity contribution in [2.75, 3.05) is 13.1 Å². The molecule has 1 aromatic carbocycles. The summed E-state index contributed by atoms with van der Waals surface area (Å²) in [5.74, 6) is 0.240. The second-order valence-corrected chi connectivity index (χ2v) is 6.17. The minimum Gasteiger partial charge on any atom is -0.337 e. The fourth-order valence-corrected chi connectivity index (χ4v) is 3.23. The summed E-state index contributed by atoms with van der Waals surface area (Å²) >= 11 is 0. The average molecular weight is 319 g/mol. The third kappa shape index (κ3) is 2.29. The molecule has 5 heteroatoms. The van der Waals surface area contributed by atoms with Gasteiger partial charge in [0.1, 0.15) is 0 Å². The Labute approximate surface area is 139 Å². The molecule has 0 radical (unpaired) electrons. The number of benzene rings is 1. The number of rotatable bonds is 2. The fraction of sp³-hybridized carbons (Fsp3) is 0.211. The third-order valence-electron chi connectivity index (χ3n) is 4.71. The summed E-state index contributed by atoms with van der Waals surface area (Å²) in [6.45, 7) is 1.32. The molecular weight excluding hydrogens is 302 g/mol. The van der Waals surface area contributed by atoms with Gasteiger partial charge in [-0.15, -0.1) is 0 Å². The van der Waals surface area contributed by atoms with E-state index in [9.17, 15) is 9.59 Å². The van der Waals surface area contributed by atoms with Crippen LogP contribution in [0.5, 0.6) is 0 Å². The SMILES string of the molecule is Cn1c(=O)cc(C(=O)N2CC(c3cccnc3)C2)c2ccccc21. The number of amides is 1. The zero-order valence-electron chi connectivity index (χ0n) is 13.3. The first kappa shape index (κ1) is 14.6. The van der Waals surface area contributed by atoms with Crippen molar-refractivity contribution in [1.82, 2.24) is 14.5 Å². The lowest BCUT2D eigenvalue weighted by Gasteiger charge is -2.39. The maximum absolute atomic E-state index is 12.8. The van der Waals surface area contributed by atoms with Gasteiger partial charge in [0.15, 0.2) is 0 Å². The maximum atomic E-state index is 12.8. The zero-order chi connectivity index (χ0) is 16.7. The topological polar surface area (TPSA) is 55.2 Å². The van der Waals surface area contributed by atoms with Crippen molar-refractivity contribution in [3.8, 4) is 0 Å². The normalized spacial score (nSPS) is 14.6. The summed E-state index contributed by atoms with van der Waals surface area (Å²) in [7, 11) is 1.72. The van der Waals surface area contributed by atoms with E-state index in [4.69, 9.17) is 0 Å². The van der Waals surface area contributed by atoms with E-state index in [1.807, 2.05) is 42.6 Å². The number of aromatic nitrogens is 2. The summed E-state index contributed by atoms with van der Waals surface area (Å²) in [4.78, 5) is 30.9. The van der Waals surface area contributed by atoms with E-state index >= 15 is 0 Å².